The third kappa shape index (κ3) is 7.24. The molecule has 26 heavy (non-hydrogen) atoms. The van der Waals surface area contributed by atoms with E-state index in [0.29, 0.717) is 11.4 Å². The smallest absolute Gasteiger partial charge is 0.191 e. The van der Waals surface area contributed by atoms with Gasteiger partial charge < -0.3 is 10.6 Å². The summed E-state index contributed by atoms with van der Waals surface area (Å²) in [4.78, 5) is 7.25. The van der Waals surface area contributed by atoms with Gasteiger partial charge in [0.15, 0.2) is 15.8 Å². The largest absolute Gasteiger partial charge is 0.354 e. The molecule has 1 aromatic heterocycles. The minimum Gasteiger partial charge on any atom is -0.354 e. The average molecular weight is 507 g/mol. The average Bonchev–Trinajstić information content (AvgIpc) is 2.95. The van der Waals surface area contributed by atoms with Crippen molar-refractivity contribution < 1.29 is 8.42 Å². The second kappa shape index (κ2) is 10.3. The highest BCUT2D eigenvalue weighted by Gasteiger charge is 2.09. The summed E-state index contributed by atoms with van der Waals surface area (Å²) in [6, 6.07) is 11.5. The fourth-order valence-corrected chi connectivity index (χ4v) is 4.07. The van der Waals surface area contributed by atoms with Gasteiger partial charge in [0.2, 0.25) is 0 Å². The second-order valence-corrected chi connectivity index (χ2v) is 9.49. The van der Waals surface area contributed by atoms with E-state index >= 15 is 0 Å². The summed E-state index contributed by atoms with van der Waals surface area (Å²) in [5, 5.41) is 6.64. The van der Waals surface area contributed by atoms with Crippen LogP contribution in [0.2, 0.25) is 0 Å². The molecule has 1 aromatic carbocycles. The number of nitrogens with one attached hydrogen (secondary N) is 2. The number of nitrogens with zero attached hydrogens (tertiary/aromatic N) is 1. The Balaban J connectivity index is 0.00000338. The van der Waals surface area contributed by atoms with Gasteiger partial charge in [-0.05, 0) is 43.7 Å². The molecule has 0 radical (unpaired) electrons. The first-order valence-corrected chi connectivity index (χ1v) is 10.8. The van der Waals surface area contributed by atoms with E-state index in [0.717, 1.165) is 17.9 Å². The van der Waals surface area contributed by atoms with E-state index in [-0.39, 0.29) is 30.0 Å². The predicted octanol–water partition coefficient (Wildman–Crippen LogP) is 3.37. The number of guanidine groups is 1. The van der Waals surface area contributed by atoms with Crippen LogP contribution in [0.15, 0.2) is 46.3 Å². The fourth-order valence-electron chi connectivity index (χ4n) is 2.42. The van der Waals surface area contributed by atoms with Gasteiger partial charge in [0.05, 0.1) is 4.90 Å². The van der Waals surface area contributed by atoms with Gasteiger partial charge in [-0.1, -0.05) is 12.1 Å². The van der Waals surface area contributed by atoms with Gasteiger partial charge in [0.25, 0.3) is 0 Å². The van der Waals surface area contributed by atoms with E-state index in [2.05, 4.69) is 41.6 Å². The molecule has 0 saturated heterocycles. The van der Waals surface area contributed by atoms with E-state index in [1.54, 1.807) is 19.2 Å². The zero-order chi connectivity index (χ0) is 18.4. The minimum atomic E-state index is -3.15. The maximum absolute atomic E-state index is 11.5. The Morgan fingerprint density at radius 1 is 1.19 bits per heavy atom. The van der Waals surface area contributed by atoms with Crippen molar-refractivity contribution in [1.29, 1.82) is 0 Å². The summed E-state index contributed by atoms with van der Waals surface area (Å²) < 4.78 is 23.0. The van der Waals surface area contributed by atoms with Crippen LogP contribution in [0.5, 0.6) is 0 Å². The summed E-state index contributed by atoms with van der Waals surface area (Å²) in [6.07, 6.45) is 2.16. The Bertz CT molecular complexity index is 830. The molecule has 2 aromatic rings. The first-order valence-electron chi connectivity index (χ1n) is 8.09. The van der Waals surface area contributed by atoms with Crippen LogP contribution in [0.3, 0.4) is 0 Å². The molecule has 8 heteroatoms. The van der Waals surface area contributed by atoms with Crippen molar-refractivity contribution in [1.82, 2.24) is 10.6 Å². The summed E-state index contributed by atoms with van der Waals surface area (Å²) in [5.41, 5.74) is 0.997. The SMILES string of the molecule is CN=C(NCc1ccc(S(C)(=O)=O)cc1)NC(C)Cc1ccc(C)s1.I. The Kier molecular flexibility index (Phi) is 9.05. The quantitative estimate of drug-likeness (QED) is 0.358. The number of halogens is 1. The van der Waals surface area contributed by atoms with Crippen molar-refractivity contribution >= 4 is 51.1 Å². The Morgan fingerprint density at radius 3 is 2.35 bits per heavy atom. The molecule has 2 N–H and O–H groups in total. The third-order valence-corrected chi connectivity index (χ3v) is 5.87. The minimum absolute atomic E-state index is 0. The highest BCUT2D eigenvalue weighted by atomic mass is 127. The van der Waals surface area contributed by atoms with E-state index in [1.165, 1.54) is 16.0 Å². The highest BCUT2D eigenvalue weighted by molar-refractivity contribution is 14.0. The lowest BCUT2D eigenvalue weighted by Gasteiger charge is -2.17. The maximum atomic E-state index is 11.5. The third-order valence-electron chi connectivity index (χ3n) is 3.72. The molecule has 1 unspecified atom stereocenters. The van der Waals surface area contributed by atoms with Crippen LogP contribution in [-0.4, -0.2) is 33.7 Å². The highest BCUT2D eigenvalue weighted by Crippen LogP contribution is 2.16. The normalized spacial score (nSPS) is 13.0. The van der Waals surface area contributed by atoms with E-state index in [1.807, 2.05) is 23.5 Å². The summed E-state index contributed by atoms with van der Waals surface area (Å²) in [6.45, 7) is 4.82. The lowest BCUT2D eigenvalue weighted by Crippen LogP contribution is -2.42. The zero-order valence-electron chi connectivity index (χ0n) is 15.4. The number of hydrogen-bond acceptors (Lipinski definition) is 4. The van der Waals surface area contributed by atoms with Crippen LogP contribution >= 0.6 is 35.3 Å². The predicted molar refractivity (Wildman–Crippen MR) is 121 cm³/mol. The van der Waals surface area contributed by atoms with Crippen molar-refractivity contribution in [3.05, 3.63) is 51.7 Å². The molecule has 144 valence electrons. The van der Waals surface area contributed by atoms with Gasteiger partial charge in [-0.3, -0.25) is 4.99 Å². The number of aryl methyl sites for hydroxylation is 1. The van der Waals surface area contributed by atoms with Crippen LogP contribution in [-0.2, 0) is 22.8 Å². The summed E-state index contributed by atoms with van der Waals surface area (Å²) in [5.74, 6) is 0.730. The zero-order valence-corrected chi connectivity index (χ0v) is 19.4. The number of aliphatic imine (C=N–C) groups is 1. The van der Waals surface area contributed by atoms with E-state index < -0.39 is 9.84 Å². The molecule has 2 rings (SSSR count). The molecular weight excluding hydrogens is 481 g/mol. The summed E-state index contributed by atoms with van der Waals surface area (Å²) in [7, 11) is -1.41. The Labute approximate surface area is 177 Å². The van der Waals surface area contributed by atoms with Gasteiger partial charge in [-0.15, -0.1) is 35.3 Å². The molecule has 0 bridgehead atoms. The van der Waals surface area contributed by atoms with Crippen molar-refractivity contribution in [3.8, 4) is 0 Å². The second-order valence-electron chi connectivity index (χ2n) is 6.10. The molecule has 0 fully saturated rings. The van der Waals surface area contributed by atoms with Crippen molar-refractivity contribution in [2.45, 2.75) is 37.8 Å². The van der Waals surface area contributed by atoms with Crippen LogP contribution in [0.1, 0.15) is 22.2 Å². The van der Waals surface area contributed by atoms with Crippen LogP contribution in [0.25, 0.3) is 0 Å². The number of sulfone groups is 1. The van der Waals surface area contributed by atoms with Crippen LogP contribution in [0.4, 0.5) is 0 Å². The summed E-state index contributed by atoms with van der Waals surface area (Å²) >= 11 is 1.81. The van der Waals surface area contributed by atoms with Gasteiger partial charge in [-0.2, -0.15) is 0 Å². The molecular formula is C18H26IN3O2S2. The van der Waals surface area contributed by atoms with Gasteiger partial charge in [0, 0.05) is 42.1 Å². The molecule has 1 heterocycles. The maximum Gasteiger partial charge on any atom is 0.191 e. The van der Waals surface area contributed by atoms with E-state index in [9.17, 15) is 8.42 Å². The molecule has 1 atom stereocenters. The standard InChI is InChI=1S/C18H25N3O2S2.HI/c1-13(11-16-8-5-14(2)24-16)21-18(19-3)20-12-15-6-9-17(10-7-15)25(4,22)23;/h5-10,13H,11-12H2,1-4H3,(H2,19,20,21);1H. The van der Waals surface area contributed by atoms with Crippen molar-refractivity contribution in [3.63, 3.8) is 0 Å². The van der Waals surface area contributed by atoms with Gasteiger partial charge in [-0.25, -0.2) is 8.42 Å². The lowest BCUT2D eigenvalue weighted by atomic mass is 10.2. The Hall–Kier alpha value is -1.13. The molecule has 5 nitrogen and oxygen atoms in total. The topological polar surface area (TPSA) is 70.6 Å². The molecule has 0 spiro atoms. The van der Waals surface area contributed by atoms with Gasteiger partial charge >= 0.3 is 0 Å². The molecule has 0 saturated carbocycles. The fraction of sp³-hybridized carbons (Fsp3) is 0.389. The van der Waals surface area contributed by atoms with Crippen LogP contribution < -0.4 is 10.6 Å². The molecule has 0 amide bonds. The number of thiophene rings is 1. The number of rotatable bonds is 6. The number of benzene rings is 1. The van der Waals surface area contributed by atoms with Crippen molar-refractivity contribution in [2.24, 2.45) is 4.99 Å². The van der Waals surface area contributed by atoms with Crippen LogP contribution in [0, 0.1) is 6.92 Å². The first-order chi connectivity index (χ1) is 11.8. The first kappa shape index (κ1) is 22.9. The lowest BCUT2D eigenvalue weighted by molar-refractivity contribution is 0.602. The monoisotopic (exact) mass is 507 g/mol. The molecule has 0 aliphatic carbocycles. The van der Waals surface area contributed by atoms with Crippen molar-refractivity contribution in [2.75, 3.05) is 13.3 Å². The molecule has 0 aliphatic heterocycles. The Morgan fingerprint density at radius 2 is 1.85 bits per heavy atom. The van der Waals surface area contributed by atoms with E-state index in [4.69, 9.17) is 0 Å². The molecule has 0 aliphatic rings. The van der Waals surface area contributed by atoms with Gasteiger partial charge in [0.1, 0.15) is 0 Å². The number of hydrogen-bond donors (Lipinski definition) is 2.